The lowest BCUT2D eigenvalue weighted by atomic mass is 9.99. The molecule has 4 heterocycles. The fraction of sp³-hybridized carbons (Fsp3) is 0.0250. The molecule has 0 saturated heterocycles. The molecule has 0 aliphatic carbocycles. The van der Waals surface area contributed by atoms with Crippen LogP contribution in [0.4, 0.5) is 0 Å². The Hall–Kier alpha value is -5.43. The maximum absolute atomic E-state index is 5.43. The van der Waals surface area contributed by atoms with Gasteiger partial charge in [0.1, 0.15) is 11.2 Å². The smallest absolute Gasteiger partial charge is 0.163 e. The van der Waals surface area contributed by atoms with Gasteiger partial charge in [-0.3, -0.25) is 0 Å². The molecule has 4 aromatic heterocycles. The van der Waals surface area contributed by atoms with E-state index < -0.39 is 0 Å². The molecule has 46 heavy (non-hydrogen) atoms. The minimum atomic E-state index is 0.643. The second kappa shape index (κ2) is 11.8. The second-order valence-electron chi connectivity index (χ2n) is 11.0. The monoisotopic (exact) mass is 629 g/mol. The molecule has 0 radical (unpaired) electrons. The van der Waals surface area contributed by atoms with E-state index >= 15 is 0 Å². The molecule has 0 spiro atoms. The van der Waals surface area contributed by atoms with Gasteiger partial charge in [0.05, 0.1) is 10.6 Å². The summed E-state index contributed by atoms with van der Waals surface area (Å²) in [4.78, 5) is 8.52. The average molecular weight is 630 g/mol. The molecule has 0 saturated carbocycles. The summed E-state index contributed by atoms with van der Waals surface area (Å²) in [7, 11) is 0. The molecule has 0 amide bonds. The van der Waals surface area contributed by atoms with E-state index in [0.717, 1.165) is 48.3 Å². The van der Waals surface area contributed by atoms with Crippen LogP contribution >= 0.6 is 22.7 Å². The number of rotatable bonds is 7. The zero-order valence-electron chi connectivity index (χ0n) is 25.0. The fourth-order valence-corrected chi connectivity index (χ4v) is 7.88. The molecule has 8 aromatic rings. The Morgan fingerprint density at radius 2 is 1.37 bits per heavy atom. The van der Waals surface area contributed by atoms with Gasteiger partial charge in [0.2, 0.25) is 0 Å². The Balaban J connectivity index is 1.28. The highest BCUT2D eigenvalue weighted by Crippen LogP contribution is 2.44. The molecular formula is C40H27N3OS2. The first-order valence-corrected chi connectivity index (χ1v) is 16.7. The number of hydrogen-bond donors (Lipinski definition) is 0. The molecule has 0 N–H and O–H groups in total. The van der Waals surface area contributed by atoms with Crippen LogP contribution in [0.3, 0.4) is 0 Å². The summed E-state index contributed by atoms with van der Waals surface area (Å²) in [6.07, 6.45) is 7.86. The van der Waals surface area contributed by atoms with Crippen LogP contribution in [0.25, 0.3) is 80.7 Å². The van der Waals surface area contributed by atoms with Crippen molar-refractivity contribution in [1.29, 1.82) is 0 Å². The van der Waals surface area contributed by atoms with E-state index in [1.807, 2.05) is 19.1 Å². The lowest BCUT2D eigenvalue weighted by Gasteiger charge is -2.11. The standard InChI is InChI=1S/C40H27N3OS2/c1-3-9-27(10-4-2)37-36(35-23-32(24-45-35)30-17-15-25-11-5-7-13-28(25)21-30)39-40(43-44-42-39)38(41-37)34-20-19-33(46-34)31-18-16-26-12-6-8-14-29(26)22-31/h3-24H,1H2,2H3/b10-4-,27-9+. The Kier molecular flexibility index (Phi) is 7.21. The van der Waals surface area contributed by atoms with E-state index in [1.54, 1.807) is 28.7 Å². The second-order valence-corrected chi connectivity index (χ2v) is 13.0. The van der Waals surface area contributed by atoms with Gasteiger partial charge >= 0.3 is 0 Å². The number of nitrogens with zero attached hydrogens (tertiary/aromatic N) is 3. The van der Waals surface area contributed by atoms with E-state index in [1.165, 1.54) is 27.1 Å². The highest BCUT2D eigenvalue weighted by atomic mass is 32.1. The van der Waals surface area contributed by atoms with E-state index in [4.69, 9.17) is 9.61 Å². The van der Waals surface area contributed by atoms with Crippen molar-refractivity contribution >= 4 is 60.8 Å². The van der Waals surface area contributed by atoms with Gasteiger partial charge in [0.25, 0.3) is 0 Å². The third kappa shape index (κ3) is 4.98. The highest BCUT2D eigenvalue weighted by molar-refractivity contribution is 7.18. The average Bonchev–Trinajstić information content (AvgIpc) is 3.89. The van der Waals surface area contributed by atoms with E-state index in [0.29, 0.717) is 11.0 Å². The van der Waals surface area contributed by atoms with Crippen LogP contribution in [0.1, 0.15) is 12.6 Å². The predicted molar refractivity (Wildman–Crippen MR) is 195 cm³/mol. The van der Waals surface area contributed by atoms with Gasteiger partial charge in [-0.1, -0.05) is 104 Å². The Labute approximate surface area is 274 Å². The Morgan fingerprint density at radius 1 is 0.696 bits per heavy atom. The summed E-state index contributed by atoms with van der Waals surface area (Å²) in [6, 6.07) is 36.5. The molecule has 0 unspecified atom stereocenters. The number of thiophene rings is 2. The molecule has 4 nitrogen and oxygen atoms in total. The topological polar surface area (TPSA) is 51.8 Å². The molecule has 0 atom stereocenters. The number of benzene rings is 4. The van der Waals surface area contributed by atoms with Crippen molar-refractivity contribution in [2.45, 2.75) is 6.92 Å². The van der Waals surface area contributed by atoms with Crippen molar-refractivity contribution in [3.63, 3.8) is 0 Å². The Morgan fingerprint density at radius 3 is 2.11 bits per heavy atom. The van der Waals surface area contributed by atoms with Crippen LogP contribution in [0.15, 0.2) is 144 Å². The van der Waals surface area contributed by atoms with E-state index in [-0.39, 0.29) is 0 Å². The van der Waals surface area contributed by atoms with Crippen LogP contribution in [0, 0.1) is 0 Å². The molecule has 6 heteroatoms. The summed E-state index contributed by atoms with van der Waals surface area (Å²) in [5.74, 6) is 0. The third-order valence-corrected chi connectivity index (χ3v) is 10.2. The number of pyridine rings is 1. The van der Waals surface area contributed by atoms with Crippen molar-refractivity contribution in [2.24, 2.45) is 0 Å². The van der Waals surface area contributed by atoms with E-state index in [2.05, 4.69) is 131 Å². The number of hydrogen-bond acceptors (Lipinski definition) is 6. The van der Waals surface area contributed by atoms with Crippen LogP contribution < -0.4 is 0 Å². The van der Waals surface area contributed by atoms with Gasteiger partial charge < -0.3 is 0 Å². The van der Waals surface area contributed by atoms with Crippen LogP contribution in [0.2, 0.25) is 0 Å². The van der Waals surface area contributed by atoms with Crippen LogP contribution in [-0.2, 0) is 0 Å². The first-order valence-electron chi connectivity index (χ1n) is 15.0. The maximum Gasteiger partial charge on any atom is 0.163 e. The van der Waals surface area contributed by atoms with Gasteiger partial charge in [-0.2, -0.15) is 0 Å². The quantitative estimate of drug-likeness (QED) is 0.165. The van der Waals surface area contributed by atoms with Crippen molar-refractivity contribution in [3.05, 3.63) is 145 Å². The van der Waals surface area contributed by atoms with Gasteiger partial charge in [-0.15, -0.1) is 22.7 Å². The third-order valence-electron chi connectivity index (χ3n) is 8.13. The van der Waals surface area contributed by atoms with Gasteiger partial charge in [-0.05, 0) is 91.2 Å². The number of aromatic nitrogens is 3. The van der Waals surface area contributed by atoms with Gasteiger partial charge in [0.15, 0.2) is 5.52 Å². The zero-order chi connectivity index (χ0) is 31.0. The molecule has 4 aromatic carbocycles. The highest BCUT2D eigenvalue weighted by Gasteiger charge is 2.24. The zero-order valence-corrected chi connectivity index (χ0v) is 26.6. The fourth-order valence-electron chi connectivity index (χ4n) is 5.93. The lowest BCUT2D eigenvalue weighted by Crippen LogP contribution is -1.97. The maximum atomic E-state index is 5.43. The van der Waals surface area contributed by atoms with Crippen molar-refractivity contribution in [3.8, 4) is 42.6 Å². The minimum absolute atomic E-state index is 0.643. The summed E-state index contributed by atoms with van der Waals surface area (Å²) in [6.45, 7) is 6.00. The molecule has 0 fully saturated rings. The largest absolute Gasteiger partial charge is 0.244 e. The molecule has 0 aliphatic rings. The number of allylic oxidation sites excluding steroid dienone is 5. The summed E-state index contributed by atoms with van der Waals surface area (Å²) < 4.78 is 5.43. The van der Waals surface area contributed by atoms with Crippen molar-refractivity contribution in [1.82, 2.24) is 15.3 Å². The molecule has 8 rings (SSSR count). The molecule has 0 bridgehead atoms. The molecular weight excluding hydrogens is 603 g/mol. The van der Waals surface area contributed by atoms with Crippen LogP contribution in [-0.4, -0.2) is 15.3 Å². The van der Waals surface area contributed by atoms with E-state index in [9.17, 15) is 0 Å². The van der Waals surface area contributed by atoms with Crippen molar-refractivity contribution in [2.75, 3.05) is 0 Å². The normalized spacial score (nSPS) is 12.2. The first kappa shape index (κ1) is 28.1. The van der Waals surface area contributed by atoms with Gasteiger partial charge in [0, 0.05) is 20.9 Å². The molecule has 220 valence electrons. The minimum Gasteiger partial charge on any atom is -0.244 e. The molecule has 0 aliphatic heterocycles. The summed E-state index contributed by atoms with van der Waals surface area (Å²) in [5.41, 5.74) is 8.20. The lowest BCUT2D eigenvalue weighted by molar-refractivity contribution is 0.315. The predicted octanol–water partition coefficient (Wildman–Crippen LogP) is 11.9. The summed E-state index contributed by atoms with van der Waals surface area (Å²) >= 11 is 3.36. The Bertz CT molecular complexity index is 2480. The first-order chi connectivity index (χ1) is 22.7. The van der Waals surface area contributed by atoms with Crippen molar-refractivity contribution < 1.29 is 4.63 Å². The summed E-state index contributed by atoms with van der Waals surface area (Å²) in [5, 5.41) is 15.9. The van der Waals surface area contributed by atoms with Crippen LogP contribution in [0.5, 0.6) is 0 Å². The number of fused-ring (bicyclic) bond motifs is 3. The van der Waals surface area contributed by atoms with Gasteiger partial charge in [-0.25, -0.2) is 9.61 Å². The SMILES string of the molecule is C=C/C=C(\C=C/C)c1nc(-c2ccc(-c3ccc4ccccc4c3)s2)c2nonc2c1-c1cc(-c2ccc3ccccc3c2)cs1.